The number of hydrogen-bond acceptors (Lipinski definition) is 7. The third-order valence-corrected chi connectivity index (χ3v) is 10.6. The number of likely N-dealkylation sites (tertiary alicyclic amines) is 1. The summed E-state index contributed by atoms with van der Waals surface area (Å²) in [6.45, 7) is 8.97. The number of alkyl halides is 1. The van der Waals surface area contributed by atoms with Crippen molar-refractivity contribution >= 4 is 56.9 Å². The number of anilines is 1. The van der Waals surface area contributed by atoms with Gasteiger partial charge in [-0.25, -0.2) is 0 Å². The largest absolute Gasteiger partial charge is 0.463 e. The molecule has 2 aromatic carbocycles. The standard InChI is InChI=1S/C36H41BrClN3O7/c1-4-7-13-28(43)47-21-27(22-11-9-8-10-12-22)39-33(44)29-30-34(45)41(24(6-3)20-42)32(36(30)19-26(37)31(29)48-36)35(46)40(18-5-2)25-16-14-23(38)15-17-25/h4-5,8-12,14-17,24,26-27,29-32,42H,1-2,6-7,13,18-21H2,3H3,(H,39,44)/t24-,26?,27+,29+,30-,31+,32+,36-/m0/s1. The van der Waals surface area contributed by atoms with Gasteiger partial charge in [-0.15, -0.1) is 13.2 Å². The summed E-state index contributed by atoms with van der Waals surface area (Å²) in [6.07, 6.45) is 3.82. The molecule has 2 N–H and O–H groups in total. The Bertz CT molecular complexity index is 1520. The van der Waals surface area contributed by atoms with Crippen LogP contribution in [0.5, 0.6) is 0 Å². The van der Waals surface area contributed by atoms with Crippen molar-refractivity contribution in [1.82, 2.24) is 10.2 Å². The highest BCUT2D eigenvalue weighted by Crippen LogP contribution is 2.60. The van der Waals surface area contributed by atoms with Crippen LogP contribution < -0.4 is 10.2 Å². The molecule has 3 aliphatic rings. The molecule has 3 fully saturated rings. The van der Waals surface area contributed by atoms with E-state index in [0.29, 0.717) is 30.0 Å². The number of nitrogens with zero attached hydrogens (tertiary/aromatic N) is 2. The van der Waals surface area contributed by atoms with Gasteiger partial charge in [-0.1, -0.05) is 76.9 Å². The molecule has 8 atom stereocenters. The Balaban J connectivity index is 1.50. The number of allylic oxidation sites excluding steroid dienone is 1. The zero-order chi connectivity index (χ0) is 34.6. The maximum atomic E-state index is 14.7. The van der Waals surface area contributed by atoms with Crippen LogP contribution in [0.15, 0.2) is 79.9 Å². The molecule has 1 unspecified atom stereocenters. The molecule has 3 aliphatic heterocycles. The quantitative estimate of drug-likeness (QED) is 0.154. The van der Waals surface area contributed by atoms with Crippen molar-refractivity contribution in [2.24, 2.45) is 11.8 Å². The number of hydrogen-bond donors (Lipinski definition) is 2. The highest BCUT2D eigenvalue weighted by Gasteiger charge is 2.77. The molecule has 3 heterocycles. The molecule has 3 amide bonds. The van der Waals surface area contributed by atoms with Crippen molar-refractivity contribution < 1.29 is 33.8 Å². The molecule has 0 saturated carbocycles. The Kier molecular flexibility index (Phi) is 11.5. The lowest BCUT2D eigenvalue weighted by Gasteiger charge is -2.39. The van der Waals surface area contributed by atoms with E-state index in [-0.39, 0.29) is 31.0 Å². The Hall–Kier alpha value is -3.51. The number of amides is 3. The van der Waals surface area contributed by atoms with Gasteiger partial charge in [0, 0.05) is 28.5 Å². The van der Waals surface area contributed by atoms with E-state index in [2.05, 4.69) is 34.4 Å². The van der Waals surface area contributed by atoms with Crippen molar-refractivity contribution in [2.75, 3.05) is 24.7 Å². The van der Waals surface area contributed by atoms with Gasteiger partial charge in [-0.05, 0) is 49.1 Å². The fraction of sp³-hybridized carbons (Fsp3) is 0.444. The number of carbonyl (C=O) groups is 4. The Morgan fingerprint density at radius 2 is 1.90 bits per heavy atom. The number of aliphatic hydroxyl groups is 1. The van der Waals surface area contributed by atoms with Gasteiger partial charge in [0.15, 0.2) is 0 Å². The van der Waals surface area contributed by atoms with Crippen molar-refractivity contribution in [3.63, 3.8) is 0 Å². The molecule has 2 bridgehead atoms. The van der Waals surface area contributed by atoms with Crippen LogP contribution in [0.2, 0.25) is 5.02 Å². The minimum Gasteiger partial charge on any atom is -0.463 e. The van der Waals surface area contributed by atoms with Crippen molar-refractivity contribution in [1.29, 1.82) is 0 Å². The number of benzene rings is 2. The summed E-state index contributed by atoms with van der Waals surface area (Å²) in [5.74, 6) is -3.65. The number of halogens is 2. The predicted molar refractivity (Wildman–Crippen MR) is 185 cm³/mol. The Morgan fingerprint density at radius 1 is 1.19 bits per heavy atom. The fourth-order valence-electron chi connectivity index (χ4n) is 7.32. The lowest BCUT2D eigenvalue weighted by atomic mass is 9.70. The van der Waals surface area contributed by atoms with Gasteiger partial charge in [0.25, 0.3) is 5.91 Å². The first-order chi connectivity index (χ1) is 23.1. The second-order valence-corrected chi connectivity index (χ2v) is 14.0. The first-order valence-electron chi connectivity index (χ1n) is 16.2. The summed E-state index contributed by atoms with van der Waals surface area (Å²) >= 11 is 9.85. The lowest BCUT2D eigenvalue weighted by Crippen LogP contribution is -2.59. The summed E-state index contributed by atoms with van der Waals surface area (Å²) in [4.78, 5) is 58.6. The van der Waals surface area contributed by atoms with Gasteiger partial charge in [0.05, 0.1) is 36.6 Å². The summed E-state index contributed by atoms with van der Waals surface area (Å²) in [6, 6.07) is 13.4. The number of esters is 1. The average molecular weight is 743 g/mol. The molecule has 0 aliphatic carbocycles. The Labute approximate surface area is 294 Å². The van der Waals surface area contributed by atoms with E-state index in [1.54, 1.807) is 36.4 Å². The molecule has 10 nitrogen and oxygen atoms in total. The molecule has 48 heavy (non-hydrogen) atoms. The van der Waals surface area contributed by atoms with Crippen molar-refractivity contribution in [3.8, 4) is 0 Å². The Morgan fingerprint density at radius 3 is 2.52 bits per heavy atom. The van der Waals surface area contributed by atoms with Crippen LogP contribution in [0.25, 0.3) is 0 Å². The summed E-state index contributed by atoms with van der Waals surface area (Å²) in [5.41, 5.74) is -0.0689. The van der Waals surface area contributed by atoms with E-state index < -0.39 is 65.4 Å². The summed E-state index contributed by atoms with van der Waals surface area (Å²) in [5, 5.41) is 14.0. The number of carbonyl (C=O) groups excluding carboxylic acids is 4. The van der Waals surface area contributed by atoms with Crippen LogP contribution in [0.3, 0.4) is 0 Å². The zero-order valence-electron chi connectivity index (χ0n) is 26.8. The molecule has 3 saturated heterocycles. The lowest BCUT2D eigenvalue weighted by molar-refractivity contribution is -0.146. The zero-order valence-corrected chi connectivity index (χ0v) is 29.1. The molecule has 5 rings (SSSR count). The summed E-state index contributed by atoms with van der Waals surface area (Å²) in [7, 11) is 0. The topological polar surface area (TPSA) is 125 Å². The van der Waals surface area contributed by atoms with Gasteiger partial charge < -0.3 is 29.7 Å². The third-order valence-electron chi connectivity index (χ3n) is 9.54. The maximum Gasteiger partial charge on any atom is 0.306 e. The number of fused-ring (bicyclic) bond motifs is 1. The van der Waals surface area contributed by atoms with E-state index in [0.717, 1.165) is 5.56 Å². The number of aliphatic hydroxyl groups excluding tert-OH is 1. The van der Waals surface area contributed by atoms with Crippen LogP contribution in [0.1, 0.15) is 44.2 Å². The third kappa shape index (κ3) is 6.70. The van der Waals surface area contributed by atoms with E-state index in [9.17, 15) is 24.3 Å². The first-order valence-corrected chi connectivity index (χ1v) is 17.5. The summed E-state index contributed by atoms with van der Waals surface area (Å²) < 4.78 is 12.2. The van der Waals surface area contributed by atoms with Gasteiger partial charge >= 0.3 is 5.97 Å². The predicted octanol–water partition coefficient (Wildman–Crippen LogP) is 4.74. The highest BCUT2D eigenvalue weighted by atomic mass is 79.9. The average Bonchev–Trinajstić information content (AvgIpc) is 3.69. The van der Waals surface area contributed by atoms with Crippen LogP contribution in [0, 0.1) is 11.8 Å². The SMILES string of the molecule is C=CCCC(=O)OC[C@@H](NC(=O)[C@H]1[C@@H]2O[C@@]3(CC2Br)[C@@H]1C(=O)N([C@@H](CC)CO)[C@@H]3C(=O)N(CC=C)c1ccc(Cl)cc1)c1ccccc1. The van der Waals surface area contributed by atoms with E-state index >= 15 is 0 Å². The normalized spacial score (nSPS) is 26.8. The number of rotatable bonds is 15. The van der Waals surface area contributed by atoms with E-state index in [1.807, 2.05) is 37.3 Å². The van der Waals surface area contributed by atoms with Crippen LogP contribution in [-0.2, 0) is 28.7 Å². The van der Waals surface area contributed by atoms with Crippen LogP contribution in [-0.4, -0.2) is 82.1 Å². The molecule has 0 aromatic heterocycles. The smallest absolute Gasteiger partial charge is 0.306 e. The monoisotopic (exact) mass is 741 g/mol. The molecule has 2 aromatic rings. The van der Waals surface area contributed by atoms with Crippen LogP contribution >= 0.6 is 27.5 Å². The van der Waals surface area contributed by atoms with Gasteiger partial charge in [0.2, 0.25) is 11.8 Å². The molecule has 256 valence electrons. The number of ether oxygens (including phenoxy) is 2. The van der Waals surface area contributed by atoms with E-state index in [4.69, 9.17) is 21.1 Å². The molecular formula is C36H41BrClN3O7. The van der Waals surface area contributed by atoms with E-state index in [1.165, 1.54) is 9.80 Å². The van der Waals surface area contributed by atoms with Crippen LogP contribution in [0.4, 0.5) is 5.69 Å². The van der Waals surface area contributed by atoms with Crippen molar-refractivity contribution in [2.45, 2.75) is 67.3 Å². The molecular weight excluding hydrogens is 702 g/mol. The molecule has 12 heteroatoms. The minimum atomic E-state index is -1.34. The highest BCUT2D eigenvalue weighted by molar-refractivity contribution is 9.09. The van der Waals surface area contributed by atoms with Gasteiger partial charge in [0.1, 0.15) is 18.2 Å². The second kappa shape index (κ2) is 15.4. The minimum absolute atomic E-state index is 0.112. The molecule has 0 radical (unpaired) electrons. The molecule has 1 spiro atoms. The second-order valence-electron chi connectivity index (χ2n) is 12.3. The number of nitrogens with one attached hydrogen (secondary N) is 1. The first kappa shape index (κ1) is 35.8. The fourth-order valence-corrected chi connectivity index (χ4v) is 8.39. The maximum absolute atomic E-state index is 14.7. The van der Waals surface area contributed by atoms with Gasteiger partial charge in [-0.3, -0.25) is 19.2 Å². The van der Waals surface area contributed by atoms with Crippen molar-refractivity contribution in [3.05, 3.63) is 90.5 Å². The van der Waals surface area contributed by atoms with Gasteiger partial charge in [-0.2, -0.15) is 0 Å².